The third-order valence-corrected chi connectivity index (χ3v) is 2.67. The van der Waals surface area contributed by atoms with Gasteiger partial charge in [0.2, 0.25) is 0 Å². The zero-order valence-electron chi connectivity index (χ0n) is 9.58. The van der Waals surface area contributed by atoms with Crippen molar-refractivity contribution in [1.29, 1.82) is 0 Å². The summed E-state index contributed by atoms with van der Waals surface area (Å²) < 4.78 is 1.76. The van der Waals surface area contributed by atoms with Gasteiger partial charge in [-0.1, -0.05) is 25.1 Å². The first kappa shape index (κ1) is 11.4. The molecule has 2 aromatic rings. The molecule has 1 atom stereocenters. The average Bonchev–Trinajstić information content (AvgIpc) is 2.78. The number of carboxylic acids is 1. The second kappa shape index (κ2) is 4.82. The lowest BCUT2D eigenvalue weighted by Gasteiger charge is -2.04. The van der Waals surface area contributed by atoms with Crippen LogP contribution in [0, 0.1) is 0 Å². The molecule has 1 aromatic heterocycles. The molecule has 4 nitrogen and oxygen atoms in total. The number of benzene rings is 1. The maximum Gasteiger partial charge on any atom is 0.303 e. The molecule has 0 amide bonds. The van der Waals surface area contributed by atoms with Crippen molar-refractivity contribution in [1.82, 2.24) is 9.78 Å². The fraction of sp³-hybridized carbons (Fsp3) is 0.231. The Morgan fingerprint density at radius 1 is 1.41 bits per heavy atom. The Bertz CT molecular complexity index is 505. The van der Waals surface area contributed by atoms with Crippen molar-refractivity contribution in [2.75, 3.05) is 0 Å². The second-order valence-electron chi connectivity index (χ2n) is 4.05. The maximum absolute atomic E-state index is 10.6. The summed E-state index contributed by atoms with van der Waals surface area (Å²) in [7, 11) is 0. The van der Waals surface area contributed by atoms with Crippen molar-refractivity contribution in [3.63, 3.8) is 0 Å². The third kappa shape index (κ3) is 2.72. The molecular weight excluding hydrogens is 216 g/mol. The summed E-state index contributed by atoms with van der Waals surface area (Å²) in [4.78, 5) is 10.6. The van der Waals surface area contributed by atoms with Gasteiger partial charge in [0.25, 0.3) is 0 Å². The smallest absolute Gasteiger partial charge is 0.303 e. The Kier molecular flexibility index (Phi) is 3.23. The fourth-order valence-corrected chi connectivity index (χ4v) is 1.69. The van der Waals surface area contributed by atoms with E-state index in [9.17, 15) is 4.79 Å². The first-order valence-corrected chi connectivity index (χ1v) is 5.48. The SMILES string of the molecule is CC(CC(=O)O)c1cnn(-c2ccccc2)c1. The largest absolute Gasteiger partial charge is 0.481 e. The molecule has 0 bridgehead atoms. The van der Waals surface area contributed by atoms with Gasteiger partial charge in [-0.05, 0) is 23.6 Å². The van der Waals surface area contributed by atoms with Gasteiger partial charge < -0.3 is 5.11 Å². The highest BCUT2D eigenvalue weighted by Gasteiger charge is 2.12. The van der Waals surface area contributed by atoms with E-state index in [-0.39, 0.29) is 12.3 Å². The number of nitrogens with zero attached hydrogens (tertiary/aromatic N) is 2. The van der Waals surface area contributed by atoms with Crippen LogP contribution < -0.4 is 0 Å². The molecule has 0 fully saturated rings. The molecule has 0 aliphatic rings. The normalized spacial score (nSPS) is 12.3. The topological polar surface area (TPSA) is 55.1 Å². The summed E-state index contributed by atoms with van der Waals surface area (Å²) in [5.41, 5.74) is 1.91. The molecule has 0 spiro atoms. The number of hydrogen-bond donors (Lipinski definition) is 1. The molecule has 0 radical (unpaired) electrons. The van der Waals surface area contributed by atoms with Gasteiger partial charge in [0, 0.05) is 6.20 Å². The third-order valence-electron chi connectivity index (χ3n) is 2.67. The highest BCUT2D eigenvalue weighted by atomic mass is 16.4. The zero-order valence-corrected chi connectivity index (χ0v) is 9.58. The van der Waals surface area contributed by atoms with Crippen LogP contribution in [0.3, 0.4) is 0 Å². The molecule has 88 valence electrons. The van der Waals surface area contributed by atoms with Gasteiger partial charge in [-0.25, -0.2) is 4.68 Å². The lowest BCUT2D eigenvalue weighted by molar-refractivity contribution is -0.137. The molecule has 0 saturated carbocycles. The Morgan fingerprint density at radius 2 is 2.12 bits per heavy atom. The molecule has 4 heteroatoms. The van der Waals surface area contributed by atoms with Crippen LogP contribution in [0.2, 0.25) is 0 Å². The number of hydrogen-bond acceptors (Lipinski definition) is 2. The van der Waals surface area contributed by atoms with Gasteiger partial charge in [0.15, 0.2) is 0 Å². The lowest BCUT2D eigenvalue weighted by atomic mass is 10.0. The van der Waals surface area contributed by atoms with Crippen molar-refractivity contribution < 1.29 is 9.90 Å². The van der Waals surface area contributed by atoms with E-state index in [0.717, 1.165) is 11.3 Å². The Labute approximate surface area is 99.5 Å². The standard InChI is InChI=1S/C13H14N2O2/c1-10(7-13(16)17)11-8-14-15(9-11)12-5-3-2-4-6-12/h2-6,8-10H,7H2,1H3,(H,16,17). The van der Waals surface area contributed by atoms with E-state index >= 15 is 0 Å². The molecule has 17 heavy (non-hydrogen) atoms. The highest BCUT2D eigenvalue weighted by Crippen LogP contribution is 2.19. The van der Waals surface area contributed by atoms with Gasteiger partial charge in [-0.2, -0.15) is 5.10 Å². The summed E-state index contributed by atoms with van der Waals surface area (Å²) in [6, 6.07) is 9.74. The molecule has 1 unspecified atom stereocenters. The van der Waals surface area contributed by atoms with Gasteiger partial charge in [0.05, 0.1) is 18.3 Å². The predicted molar refractivity (Wildman–Crippen MR) is 64.2 cm³/mol. The summed E-state index contributed by atoms with van der Waals surface area (Å²) in [5, 5.41) is 13.0. The minimum atomic E-state index is -0.787. The van der Waals surface area contributed by atoms with E-state index in [1.54, 1.807) is 10.9 Å². The van der Waals surface area contributed by atoms with E-state index in [1.807, 2.05) is 43.5 Å². The van der Waals surface area contributed by atoms with Crippen molar-refractivity contribution in [3.8, 4) is 5.69 Å². The van der Waals surface area contributed by atoms with Crippen molar-refractivity contribution >= 4 is 5.97 Å². The van der Waals surface area contributed by atoms with E-state index in [2.05, 4.69) is 5.10 Å². The van der Waals surface area contributed by atoms with Crippen LogP contribution in [0.1, 0.15) is 24.8 Å². The highest BCUT2D eigenvalue weighted by molar-refractivity contribution is 5.67. The number of para-hydroxylation sites is 1. The Balaban J connectivity index is 2.19. The summed E-state index contributed by atoms with van der Waals surface area (Å²) in [6.45, 7) is 1.89. The maximum atomic E-state index is 10.6. The van der Waals surface area contributed by atoms with Crippen LogP contribution in [-0.2, 0) is 4.79 Å². The quantitative estimate of drug-likeness (QED) is 0.877. The summed E-state index contributed by atoms with van der Waals surface area (Å²) in [6.07, 6.45) is 3.73. The zero-order chi connectivity index (χ0) is 12.3. The molecule has 1 heterocycles. The average molecular weight is 230 g/mol. The van der Waals surface area contributed by atoms with Crippen molar-refractivity contribution in [2.45, 2.75) is 19.3 Å². The van der Waals surface area contributed by atoms with Crippen molar-refractivity contribution in [2.24, 2.45) is 0 Å². The first-order valence-electron chi connectivity index (χ1n) is 5.48. The van der Waals surface area contributed by atoms with E-state index < -0.39 is 5.97 Å². The lowest BCUT2D eigenvalue weighted by Crippen LogP contribution is -2.02. The van der Waals surface area contributed by atoms with Crippen LogP contribution in [0.5, 0.6) is 0 Å². The monoisotopic (exact) mass is 230 g/mol. The van der Waals surface area contributed by atoms with Gasteiger partial charge in [-0.3, -0.25) is 4.79 Å². The second-order valence-corrected chi connectivity index (χ2v) is 4.05. The van der Waals surface area contributed by atoms with Crippen LogP contribution in [-0.4, -0.2) is 20.9 Å². The van der Waals surface area contributed by atoms with Gasteiger partial charge >= 0.3 is 5.97 Å². The van der Waals surface area contributed by atoms with Crippen LogP contribution in [0.4, 0.5) is 0 Å². The first-order chi connectivity index (χ1) is 8.16. The van der Waals surface area contributed by atoms with Crippen LogP contribution in [0.15, 0.2) is 42.7 Å². The van der Waals surface area contributed by atoms with E-state index in [4.69, 9.17) is 5.11 Å². The number of carbonyl (C=O) groups is 1. The van der Waals surface area contributed by atoms with E-state index in [1.165, 1.54) is 0 Å². The molecular formula is C13H14N2O2. The van der Waals surface area contributed by atoms with E-state index in [0.29, 0.717) is 0 Å². The number of rotatable bonds is 4. The van der Waals surface area contributed by atoms with Gasteiger partial charge in [-0.15, -0.1) is 0 Å². The molecule has 0 aliphatic heterocycles. The van der Waals surface area contributed by atoms with Gasteiger partial charge in [0.1, 0.15) is 0 Å². The number of carboxylic acid groups (broad SMARTS) is 1. The van der Waals surface area contributed by atoms with Crippen molar-refractivity contribution in [3.05, 3.63) is 48.3 Å². The number of aliphatic carboxylic acids is 1. The Morgan fingerprint density at radius 3 is 2.76 bits per heavy atom. The van der Waals surface area contributed by atoms with Crippen LogP contribution in [0.25, 0.3) is 5.69 Å². The summed E-state index contributed by atoms with van der Waals surface area (Å²) in [5.74, 6) is -0.810. The summed E-state index contributed by atoms with van der Waals surface area (Å²) >= 11 is 0. The Hall–Kier alpha value is -2.10. The fourth-order valence-electron chi connectivity index (χ4n) is 1.69. The molecule has 2 rings (SSSR count). The van der Waals surface area contributed by atoms with Crippen LogP contribution >= 0.6 is 0 Å². The number of aromatic nitrogens is 2. The minimum Gasteiger partial charge on any atom is -0.481 e. The molecule has 0 aliphatic carbocycles. The molecule has 0 saturated heterocycles. The molecule has 1 N–H and O–H groups in total. The molecule has 1 aromatic carbocycles. The minimum absolute atomic E-state index is 0.0232. The predicted octanol–water partition coefficient (Wildman–Crippen LogP) is 2.45.